The zero-order chi connectivity index (χ0) is 19.7. The zero-order valence-electron chi connectivity index (χ0n) is 14.8. The first-order valence-electron chi connectivity index (χ1n) is 8.79. The molecule has 0 bridgehead atoms. The minimum atomic E-state index is -3.67. The van der Waals surface area contributed by atoms with Gasteiger partial charge in [0, 0.05) is 24.6 Å². The van der Waals surface area contributed by atoms with E-state index in [1.165, 1.54) is 28.6 Å². The maximum atomic E-state index is 13.4. The van der Waals surface area contributed by atoms with Crippen LogP contribution in [0.2, 0.25) is 0 Å². The molecule has 0 N–H and O–H groups in total. The fraction of sp³-hybridized carbons (Fsp3) is 0.263. The third-order valence-electron chi connectivity index (χ3n) is 4.78. The van der Waals surface area contributed by atoms with E-state index in [1.807, 2.05) is 0 Å². The van der Waals surface area contributed by atoms with Gasteiger partial charge in [0.05, 0.1) is 4.90 Å². The number of sulfonamides is 1. The van der Waals surface area contributed by atoms with E-state index in [0.717, 1.165) is 12.1 Å². The average molecular weight is 405 g/mol. The quantitative estimate of drug-likeness (QED) is 0.663. The number of benzene rings is 2. The van der Waals surface area contributed by atoms with E-state index in [-0.39, 0.29) is 16.7 Å². The van der Waals surface area contributed by atoms with Gasteiger partial charge in [-0.15, -0.1) is 0 Å². The SMILES string of the molecule is O=S(=O)(c1ccc(F)cc1)N1CCC(c2noc(-c3cccc(F)c3)n2)CC1. The first-order valence-corrected chi connectivity index (χ1v) is 10.2. The molecule has 1 aromatic heterocycles. The van der Waals surface area contributed by atoms with E-state index in [4.69, 9.17) is 4.52 Å². The van der Waals surface area contributed by atoms with Crippen molar-refractivity contribution in [3.63, 3.8) is 0 Å². The summed E-state index contributed by atoms with van der Waals surface area (Å²) in [6.45, 7) is 0.600. The largest absolute Gasteiger partial charge is 0.334 e. The molecule has 0 unspecified atom stereocenters. The summed E-state index contributed by atoms with van der Waals surface area (Å²) in [6, 6.07) is 10.7. The topological polar surface area (TPSA) is 76.3 Å². The molecule has 4 rings (SSSR count). The van der Waals surface area contributed by atoms with Crippen LogP contribution in [0.4, 0.5) is 8.78 Å². The Morgan fingerprint density at radius 3 is 2.39 bits per heavy atom. The number of piperidine rings is 1. The number of rotatable bonds is 4. The van der Waals surface area contributed by atoms with Crippen LogP contribution in [-0.4, -0.2) is 36.0 Å². The normalized spacial score (nSPS) is 16.4. The monoisotopic (exact) mass is 405 g/mol. The van der Waals surface area contributed by atoms with Gasteiger partial charge in [-0.2, -0.15) is 9.29 Å². The second kappa shape index (κ2) is 7.40. The van der Waals surface area contributed by atoms with Crippen LogP contribution < -0.4 is 0 Å². The fourth-order valence-electron chi connectivity index (χ4n) is 3.25. The predicted octanol–water partition coefficient (Wildman–Crippen LogP) is 3.58. The lowest BCUT2D eigenvalue weighted by atomic mass is 9.97. The van der Waals surface area contributed by atoms with Gasteiger partial charge >= 0.3 is 0 Å². The van der Waals surface area contributed by atoms with E-state index in [9.17, 15) is 17.2 Å². The Morgan fingerprint density at radius 1 is 1.00 bits per heavy atom. The number of halogens is 2. The number of nitrogens with zero attached hydrogens (tertiary/aromatic N) is 3. The standard InChI is InChI=1S/C19H17F2N3O3S/c20-15-4-6-17(7-5-15)28(25,26)24-10-8-13(9-11-24)18-22-19(27-23-18)14-2-1-3-16(21)12-14/h1-7,12-13H,8-11H2. The van der Waals surface area contributed by atoms with Crippen LogP contribution in [0.5, 0.6) is 0 Å². The van der Waals surface area contributed by atoms with Crippen molar-refractivity contribution in [2.75, 3.05) is 13.1 Å². The van der Waals surface area contributed by atoms with Crippen LogP contribution in [0.3, 0.4) is 0 Å². The maximum Gasteiger partial charge on any atom is 0.258 e. The van der Waals surface area contributed by atoms with Crippen LogP contribution >= 0.6 is 0 Å². The molecule has 0 amide bonds. The third-order valence-corrected chi connectivity index (χ3v) is 6.70. The van der Waals surface area contributed by atoms with Crippen molar-refractivity contribution in [1.82, 2.24) is 14.4 Å². The lowest BCUT2D eigenvalue weighted by Crippen LogP contribution is -2.38. The van der Waals surface area contributed by atoms with Crippen molar-refractivity contribution >= 4 is 10.0 Å². The summed E-state index contributed by atoms with van der Waals surface area (Å²) < 4.78 is 58.4. The molecule has 28 heavy (non-hydrogen) atoms. The van der Waals surface area contributed by atoms with Gasteiger partial charge in [-0.25, -0.2) is 17.2 Å². The molecule has 0 radical (unpaired) electrons. The summed E-state index contributed by atoms with van der Waals surface area (Å²) in [4.78, 5) is 4.42. The Bertz CT molecular complexity index is 1080. The second-order valence-corrected chi connectivity index (χ2v) is 8.54. The summed E-state index contributed by atoms with van der Waals surface area (Å²) in [5, 5.41) is 3.98. The molecule has 146 valence electrons. The average Bonchev–Trinajstić information content (AvgIpc) is 3.19. The highest BCUT2D eigenvalue weighted by atomic mass is 32.2. The summed E-state index contributed by atoms with van der Waals surface area (Å²) in [7, 11) is -3.67. The molecule has 0 aliphatic carbocycles. The Labute approximate surface area is 160 Å². The van der Waals surface area contributed by atoms with Gasteiger partial charge in [-0.3, -0.25) is 0 Å². The van der Waals surface area contributed by atoms with Crippen molar-refractivity contribution in [3.05, 3.63) is 66.0 Å². The molecule has 0 spiro atoms. The molecule has 2 aromatic carbocycles. The molecule has 1 aliphatic heterocycles. The molecule has 9 heteroatoms. The Hall–Kier alpha value is -2.65. The van der Waals surface area contributed by atoms with Crippen LogP contribution in [0.15, 0.2) is 57.9 Å². The van der Waals surface area contributed by atoms with Crippen molar-refractivity contribution < 1.29 is 21.7 Å². The van der Waals surface area contributed by atoms with Crippen LogP contribution in [0.1, 0.15) is 24.6 Å². The Kier molecular flexibility index (Phi) is 4.94. The first-order chi connectivity index (χ1) is 13.4. The predicted molar refractivity (Wildman–Crippen MR) is 96.8 cm³/mol. The van der Waals surface area contributed by atoms with E-state index < -0.39 is 21.7 Å². The van der Waals surface area contributed by atoms with Gasteiger partial charge in [0.1, 0.15) is 11.6 Å². The minimum Gasteiger partial charge on any atom is -0.334 e. The lowest BCUT2D eigenvalue weighted by molar-refractivity contribution is 0.307. The Balaban J connectivity index is 1.45. The van der Waals surface area contributed by atoms with E-state index in [1.54, 1.807) is 12.1 Å². The van der Waals surface area contributed by atoms with Crippen LogP contribution in [0, 0.1) is 11.6 Å². The minimum absolute atomic E-state index is 0.0503. The molecule has 1 saturated heterocycles. The molecular weight excluding hydrogens is 388 g/mol. The third kappa shape index (κ3) is 3.67. The van der Waals surface area contributed by atoms with Gasteiger partial charge in [-0.05, 0) is 55.3 Å². The first kappa shape index (κ1) is 18.7. The van der Waals surface area contributed by atoms with Crippen molar-refractivity contribution in [2.24, 2.45) is 0 Å². The van der Waals surface area contributed by atoms with Crippen molar-refractivity contribution in [1.29, 1.82) is 0 Å². The summed E-state index contributed by atoms with van der Waals surface area (Å²) >= 11 is 0. The maximum absolute atomic E-state index is 13.4. The molecule has 6 nitrogen and oxygen atoms in total. The van der Waals surface area contributed by atoms with Crippen LogP contribution in [0.25, 0.3) is 11.5 Å². The van der Waals surface area contributed by atoms with Gasteiger partial charge in [0.2, 0.25) is 10.0 Å². The van der Waals surface area contributed by atoms with Gasteiger partial charge < -0.3 is 4.52 Å². The zero-order valence-corrected chi connectivity index (χ0v) is 15.6. The molecular formula is C19H17F2N3O3S. The second-order valence-electron chi connectivity index (χ2n) is 6.60. The van der Waals surface area contributed by atoms with E-state index in [2.05, 4.69) is 10.1 Å². The summed E-state index contributed by atoms with van der Waals surface area (Å²) in [6.07, 6.45) is 1.06. The Morgan fingerprint density at radius 2 is 1.71 bits per heavy atom. The summed E-state index contributed by atoms with van der Waals surface area (Å²) in [5.41, 5.74) is 0.495. The van der Waals surface area contributed by atoms with Crippen molar-refractivity contribution in [2.45, 2.75) is 23.7 Å². The lowest BCUT2D eigenvalue weighted by Gasteiger charge is -2.29. The highest BCUT2D eigenvalue weighted by Gasteiger charge is 2.31. The molecule has 0 atom stereocenters. The van der Waals surface area contributed by atoms with Gasteiger partial charge in [0.15, 0.2) is 5.82 Å². The molecule has 0 saturated carbocycles. The molecule has 1 fully saturated rings. The molecule has 1 aliphatic rings. The summed E-state index contributed by atoms with van der Waals surface area (Å²) in [5.74, 6) is -0.208. The van der Waals surface area contributed by atoms with Crippen LogP contribution in [-0.2, 0) is 10.0 Å². The number of aromatic nitrogens is 2. The molecule has 3 aromatic rings. The molecule has 2 heterocycles. The highest BCUT2D eigenvalue weighted by molar-refractivity contribution is 7.89. The number of hydrogen-bond donors (Lipinski definition) is 0. The van der Waals surface area contributed by atoms with Gasteiger partial charge in [0.25, 0.3) is 5.89 Å². The van der Waals surface area contributed by atoms with E-state index in [0.29, 0.717) is 37.3 Å². The highest BCUT2D eigenvalue weighted by Crippen LogP contribution is 2.30. The van der Waals surface area contributed by atoms with Gasteiger partial charge in [-0.1, -0.05) is 11.2 Å². The smallest absolute Gasteiger partial charge is 0.258 e. The fourth-order valence-corrected chi connectivity index (χ4v) is 4.72. The number of hydrogen-bond acceptors (Lipinski definition) is 5. The van der Waals surface area contributed by atoms with Crippen molar-refractivity contribution in [3.8, 4) is 11.5 Å². The van der Waals surface area contributed by atoms with E-state index >= 15 is 0 Å².